The quantitative estimate of drug-likeness (QED) is 0.780. The summed E-state index contributed by atoms with van der Waals surface area (Å²) in [5.41, 5.74) is 6.91. The van der Waals surface area contributed by atoms with Gasteiger partial charge < -0.3 is 5.73 Å². The van der Waals surface area contributed by atoms with Gasteiger partial charge in [-0.05, 0) is 38.1 Å². The minimum absolute atomic E-state index is 0.318. The van der Waals surface area contributed by atoms with E-state index in [4.69, 9.17) is 5.73 Å². The van der Waals surface area contributed by atoms with Gasteiger partial charge in [0.05, 0.1) is 11.7 Å². The molecule has 1 aliphatic heterocycles. The summed E-state index contributed by atoms with van der Waals surface area (Å²) in [7, 11) is 0. The molecule has 3 nitrogen and oxygen atoms in total. The van der Waals surface area contributed by atoms with Crippen molar-refractivity contribution in [3.8, 4) is 0 Å². The van der Waals surface area contributed by atoms with Gasteiger partial charge in [0.2, 0.25) is 0 Å². The van der Waals surface area contributed by atoms with Crippen LogP contribution in [0.25, 0.3) is 0 Å². The average molecular weight is 191 g/mol. The molecule has 0 aliphatic carbocycles. The molecular formula is C11H17N3. The first-order valence-electron chi connectivity index (χ1n) is 5.27. The molecule has 1 aromatic rings. The average Bonchev–Trinajstić information content (AvgIpc) is 2.74. The van der Waals surface area contributed by atoms with Crippen LogP contribution in [0.15, 0.2) is 24.4 Å². The van der Waals surface area contributed by atoms with Crippen molar-refractivity contribution in [1.82, 2.24) is 9.88 Å². The van der Waals surface area contributed by atoms with Gasteiger partial charge in [-0.1, -0.05) is 6.07 Å². The van der Waals surface area contributed by atoms with Crippen LogP contribution in [0.2, 0.25) is 0 Å². The van der Waals surface area contributed by atoms with Gasteiger partial charge in [0.1, 0.15) is 0 Å². The topological polar surface area (TPSA) is 42.1 Å². The zero-order chi connectivity index (χ0) is 9.80. The summed E-state index contributed by atoms with van der Waals surface area (Å²) >= 11 is 0. The summed E-state index contributed by atoms with van der Waals surface area (Å²) in [6.07, 6.45) is 4.43. The molecule has 0 unspecified atom stereocenters. The number of nitrogens with two attached hydrogens (primary N) is 1. The maximum atomic E-state index is 5.80. The fourth-order valence-corrected chi connectivity index (χ4v) is 2.08. The van der Waals surface area contributed by atoms with Gasteiger partial charge in [-0.25, -0.2) is 0 Å². The van der Waals surface area contributed by atoms with Crippen LogP contribution in [-0.2, 0) is 0 Å². The maximum absolute atomic E-state index is 5.80. The molecule has 2 N–H and O–H groups in total. The first kappa shape index (κ1) is 9.62. The Kier molecular flexibility index (Phi) is 3.11. The second kappa shape index (κ2) is 4.53. The molecule has 1 aliphatic rings. The monoisotopic (exact) mass is 191 g/mol. The molecule has 0 saturated carbocycles. The molecule has 1 saturated heterocycles. The fraction of sp³-hybridized carbons (Fsp3) is 0.545. The molecule has 0 bridgehead atoms. The van der Waals surface area contributed by atoms with Gasteiger partial charge >= 0.3 is 0 Å². The lowest BCUT2D eigenvalue weighted by Crippen LogP contribution is -2.31. The van der Waals surface area contributed by atoms with Crippen molar-refractivity contribution in [2.24, 2.45) is 5.73 Å². The summed E-state index contributed by atoms with van der Waals surface area (Å²) < 4.78 is 0. The summed E-state index contributed by atoms with van der Waals surface area (Å²) in [4.78, 5) is 6.81. The molecule has 76 valence electrons. The Labute approximate surface area is 84.9 Å². The molecule has 0 amide bonds. The van der Waals surface area contributed by atoms with Crippen LogP contribution < -0.4 is 5.73 Å². The van der Waals surface area contributed by atoms with Crippen LogP contribution >= 0.6 is 0 Å². The molecule has 14 heavy (non-hydrogen) atoms. The molecule has 2 heterocycles. The van der Waals surface area contributed by atoms with Crippen molar-refractivity contribution in [3.63, 3.8) is 0 Å². The Hall–Kier alpha value is -0.930. The molecule has 0 spiro atoms. The van der Waals surface area contributed by atoms with E-state index in [1.165, 1.54) is 25.9 Å². The van der Waals surface area contributed by atoms with Crippen LogP contribution in [0.1, 0.15) is 24.6 Å². The first-order valence-corrected chi connectivity index (χ1v) is 5.27. The Bertz CT molecular complexity index is 267. The maximum Gasteiger partial charge on any atom is 0.0644 e. The zero-order valence-corrected chi connectivity index (χ0v) is 8.39. The van der Waals surface area contributed by atoms with Gasteiger partial charge in [-0.15, -0.1) is 0 Å². The van der Waals surface area contributed by atoms with E-state index < -0.39 is 0 Å². The van der Waals surface area contributed by atoms with Crippen LogP contribution in [0.4, 0.5) is 0 Å². The van der Waals surface area contributed by atoms with Crippen molar-refractivity contribution in [3.05, 3.63) is 30.1 Å². The van der Waals surface area contributed by atoms with E-state index in [1.807, 2.05) is 18.3 Å². The molecule has 0 radical (unpaired) electrons. The Morgan fingerprint density at radius 3 is 2.71 bits per heavy atom. The summed E-state index contributed by atoms with van der Waals surface area (Å²) in [5.74, 6) is 0. The normalized spacial score (nSPS) is 19.8. The molecule has 1 atom stereocenters. The third-order valence-electron chi connectivity index (χ3n) is 2.83. The Morgan fingerprint density at radius 2 is 2.14 bits per heavy atom. The van der Waals surface area contributed by atoms with E-state index in [1.54, 1.807) is 0 Å². The number of pyridine rings is 1. The number of rotatable bonds is 3. The van der Waals surface area contributed by atoms with Crippen molar-refractivity contribution < 1.29 is 0 Å². The summed E-state index contributed by atoms with van der Waals surface area (Å²) in [6, 6.07) is 6.36. The highest BCUT2D eigenvalue weighted by atomic mass is 15.2. The lowest BCUT2D eigenvalue weighted by Gasteiger charge is -2.25. The van der Waals surface area contributed by atoms with E-state index >= 15 is 0 Å². The van der Waals surface area contributed by atoms with Crippen LogP contribution in [0, 0.1) is 0 Å². The number of hydrogen-bond donors (Lipinski definition) is 1. The largest absolute Gasteiger partial charge is 0.329 e. The van der Waals surface area contributed by atoms with Gasteiger partial charge in [0, 0.05) is 12.7 Å². The number of aromatic nitrogens is 1. The van der Waals surface area contributed by atoms with Crippen molar-refractivity contribution >= 4 is 0 Å². The van der Waals surface area contributed by atoms with Crippen molar-refractivity contribution in [2.75, 3.05) is 19.6 Å². The minimum Gasteiger partial charge on any atom is -0.329 e. The van der Waals surface area contributed by atoms with Gasteiger partial charge in [0.25, 0.3) is 0 Å². The molecule has 3 heteroatoms. The van der Waals surface area contributed by atoms with E-state index in [2.05, 4.69) is 16.0 Å². The third-order valence-corrected chi connectivity index (χ3v) is 2.83. The van der Waals surface area contributed by atoms with Gasteiger partial charge in [-0.3, -0.25) is 9.88 Å². The highest BCUT2D eigenvalue weighted by Crippen LogP contribution is 2.22. The number of likely N-dealkylation sites (tertiary alicyclic amines) is 1. The predicted octanol–water partition coefficient (Wildman–Crippen LogP) is 1.18. The molecule has 1 fully saturated rings. The van der Waals surface area contributed by atoms with Gasteiger partial charge in [0.15, 0.2) is 0 Å². The second-order valence-electron chi connectivity index (χ2n) is 3.75. The standard InChI is InChI=1S/C11H17N3/c12-9-11(14-7-3-4-8-14)10-5-1-2-6-13-10/h1-2,5-6,11H,3-4,7-9,12H2/t11-/m1/s1. The summed E-state index contributed by atoms with van der Waals surface area (Å²) in [5, 5.41) is 0. The fourth-order valence-electron chi connectivity index (χ4n) is 2.08. The number of nitrogens with zero attached hydrogens (tertiary/aromatic N) is 2. The van der Waals surface area contributed by atoms with E-state index in [0.717, 1.165) is 5.69 Å². The lowest BCUT2D eigenvalue weighted by atomic mass is 10.1. The molecule has 0 aromatic carbocycles. The smallest absolute Gasteiger partial charge is 0.0644 e. The predicted molar refractivity (Wildman–Crippen MR) is 56.8 cm³/mol. The Morgan fingerprint density at radius 1 is 1.36 bits per heavy atom. The highest BCUT2D eigenvalue weighted by molar-refractivity contribution is 5.09. The SMILES string of the molecule is NC[C@H](c1ccccn1)N1CCCC1. The highest BCUT2D eigenvalue weighted by Gasteiger charge is 2.22. The van der Waals surface area contributed by atoms with Crippen LogP contribution in [-0.4, -0.2) is 29.5 Å². The Balaban J connectivity index is 2.12. The third kappa shape index (κ3) is 1.94. The summed E-state index contributed by atoms with van der Waals surface area (Å²) in [6.45, 7) is 2.99. The van der Waals surface area contributed by atoms with Crippen molar-refractivity contribution in [1.29, 1.82) is 0 Å². The molecular weight excluding hydrogens is 174 g/mol. The van der Waals surface area contributed by atoms with E-state index in [-0.39, 0.29) is 0 Å². The van der Waals surface area contributed by atoms with E-state index in [0.29, 0.717) is 12.6 Å². The molecule has 2 rings (SSSR count). The second-order valence-corrected chi connectivity index (χ2v) is 3.75. The lowest BCUT2D eigenvalue weighted by molar-refractivity contribution is 0.247. The first-order chi connectivity index (χ1) is 6.92. The van der Waals surface area contributed by atoms with Crippen LogP contribution in [0.3, 0.4) is 0 Å². The van der Waals surface area contributed by atoms with Crippen LogP contribution in [0.5, 0.6) is 0 Å². The van der Waals surface area contributed by atoms with Gasteiger partial charge in [-0.2, -0.15) is 0 Å². The zero-order valence-electron chi connectivity index (χ0n) is 8.39. The van der Waals surface area contributed by atoms with Crippen molar-refractivity contribution in [2.45, 2.75) is 18.9 Å². The minimum atomic E-state index is 0.318. The molecule has 1 aromatic heterocycles. The number of hydrogen-bond acceptors (Lipinski definition) is 3. The van der Waals surface area contributed by atoms with E-state index in [9.17, 15) is 0 Å².